The Bertz CT molecular complexity index is 1080. The highest BCUT2D eigenvalue weighted by Gasteiger charge is 2.59. The molecular formula is C25H23ClN2O4. The highest BCUT2D eigenvalue weighted by atomic mass is 35.5. The van der Waals surface area contributed by atoms with Crippen molar-refractivity contribution in [3.8, 4) is 11.5 Å². The van der Waals surface area contributed by atoms with E-state index in [9.17, 15) is 9.59 Å². The molecule has 164 valence electrons. The lowest BCUT2D eigenvalue weighted by Gasteiger charge is -2.13. The van der Waals surface area contributed by atoms with Gasteiger partial charge in [-0.1, -0.05) is 35.9 Å². The number of fused-ring (bicyclic) bond motifs is 5. The van der Waals surface area contributed by atoms with Gasteiger partial charge in [-0.25, -0.2) is 0 Å². The number of halogens is 1. The summed E-state index contributed by atoms with van der Waals surface area (Å²) in [7, 11) is 0. The number of allylic oxidation sites excluding steroid dienone is 2. The van der Waals surface area contributed by atoms with Gasteiger partial charge in [0.1, 0.15) is 6.61 Å². The molecule has 5 rings (SSSR count). The first-order valence-corrected chi connectivity index (χ1v) is 11.2. The molecule has 2 fully saturated rings. The van der Waals surface area contributed by atoms with Crippen LogP contribution in [0.4, 0.5) is 0 Å². The summed E-state index contributed by atoms with van der Waals surface area (Å²) in [5, 5.41) is 5.96. The second-order valence-electron chi connectivity index (χ2n) is 8.29. The van der Waals surface area contributed by atoms with Crippen molar-refractivity contribution in [3.63, 3.8) is 0 Å². The second-order valence-corrected chi connectivity index (χ2v) is 8.72. The molecule has 2 amide bonds. The summed E-state index contributed by atoms with van der Waals surface area (Å²) in [5.41, 5.74) is 1.70. The van der Waals surface area contributed by atoms with Crippen molar-refractivity contribution >= 4 is 29.6 Å². The third kappa shape index (κ3) is 3.69. The first kappa shape index (κ1) is 20.8. The summed E-state index contributed by atoms with van der Waals surface area (Å²) in [6.45, 7) is 2.74. The Morgan fingerprint density at radius 3 is 2.34 bits per heavy atom. The molecule has 4 atom stereocenters. The van der Waals surface area contributed by atoms with Crippen LogP contribution in [0.3, 0.4) is 0 Å². The maximum absolute atomic E-state index is 12.8. The lowest BCUT2D eigenvalue weighted by molar-refractivity contribution is -0.140. The predicted octanol–water partition coefficient (Wildman–Crippen LogP) is 4.46. The van der Waals surface area contributed by atoms with E-state index in [-0.39, 0.29) is 35.5 Å². The molecule has 0 radical (unpaired) electrons. The fourth-order valence-electron chi connectivity index (χ4n) is 4.86. The van der Waals surface area contributed by atoms with Crippen LogP contribution in [0.5, 0.6) is 11.5 Å². The van der Waals surface area contributed by atoms with Crippen LogP contribution in [0.25, 0.3) is 0 Å². The monoisotopic (exact) mass is 450 g/mol. The van der Waals surface area contributed by atoms with Crippen molar-refractivity contribution < 1.29 is 19.1 Å². The number of carbonyl (C=O) groups excluding carboxylic acids is 2. The highest BCUT2D eigenvalue weighted by Crippen LogP contribution is 2.52. The van der Waals surface area contributed by atoms with Gasteiger partial charge < -0.3 is 9.47 Å². The number of hydrogen-bond acceptors (Lipinski definition) is 5. The molecule has 6 nitrogen and oxygen atoms in total. The standard InChI is InChI=1S/C25H23ClN2O4/c1-2-31-21-11-16(5-10-20(21)32-14-15-3-8-19(26)9-4-15)13-27-28-24(29)22-17-6-7-18(12-17)23(22)25(28)30/h3-11,13,17-18,22-23H,2,12,14H2,1H3/b27-13-/t17-,18-,22+,23+/m0/s1. The number of ether oxygens (including phenoxy) is 2. The van der Waals surface area contributed by atoms with Crippen molar-refractivity contribution in [2.45, 2.75) is 20.0 Å². The molecule has 32 heavy (non-hydrogen) atoms. The normalized spacial score (nSPS) is 25.8. The molecular weight excluding hydrogens is 428 g/mol. The van der Waals surface area contributed by atoms with Crippen molar-refractivity contribution in [2.75, 3.05) is 6.61 Å². The lowest BCUT2D eigenvalue weighted by Crippen LogP contribution is -2.28. The zero-order valence-electron chi connectivity index (χ0n) is 17.6. The molecule has 0 N–H and O–H groups in total. The number of imide groups is 1. The summed E-state index contributed by atoms with van der Waals surface area (Å²) >= 11 is 5.93. The van der Waals surface area contributed by atoms with Crippen LogP contribution >= 0.6 is 11.6 Å². The summed E-state index contributed by atoms with van der Waals surface area (Å²) in [4.78, 5) is 25.6. The number of hydrazone groups is 1. The highest BCUT2D eigenvalue weighted by molar-refractivity contribution is 6.30. The molecule has 1 saturated heterocycles. The molecule has 0 aromatic heterocycles. The Hall–Kier alpha value is -3.12. The van der Waals surface area contributed by atoms with Gasteiger partial charge in [-0.05, 0) is 66.6 Å². The molecule has 0 spiro atoms. The van der Waals surface area contributed by atoms with E-state index >= 15 is 0 Å². The zero-order chi connectivity index (χ0) is 22.2. The topological polar surface area (TPSA) is 68.2 Å². The van der Waals surface area contributed by atoms with Crippen LogP contribution in [0.1, 0.15) is 24.5 Å². The van der Waals surface area contributed by atoms with Gasteiger partial charge in [0.15, 0.2) is 11.5 Å². The van der Waals surface area contributed by atoms with Crippen molar-refractivity contribution in [1.29, 1.82) is 0 Å². The summed E-state index contributed by atoms with van der Waals surface area (Å²) in [5.74, 6) is 0.622. The van der Waals surface area contributed by atoms with E-state index in [0.717, 1.165) is 17.0 Å². The van der Waals surface area contributed by atoms with Gasteiger partial charge in [0, 0.05) is 5.02 Å². The number of nitrogens with zero attached hydrogens (tertiary/aromatic N) is 2. The molecule has 2 aliphatic carbocycles. The predicted molar refractivity (Wildman–Crippen MR) is 121 cm³/mol. The molecule has 0 unspecified atom stereocenters. The number of hydrogen-bond donors (Lipinski definition) is 0. The van der Waals surface area contributed by atoms with E-state index < -0.39 is 0 Å². The molecule has 3 aliphatic rings. The number of benzene rings is 2. The van der Waals surface area contributed by atoms with Crippen molar-refractivity contribution in [2.24, 2.45) is 28.8 Å². The van der Waals surface area contributed by atoms with Crippen LogP contribution in [0.15, 0.2) is 59.7 Å². The van der Waals surface area contributed by atoms with Crippen LogP contribution in [0, 0.1) is 23.7 Å². The fourth-order valence-corrected chi connectivity index (χ4v) is 4.99. The first-order valence-electron chi connectivity index (χ1n) is 10.8. The SMILES string of the molecule is CCOc1cc(/C=N\N2C(=O)[C@H]3[C@H](C2=O)[C@H]2C=C[C@H]3C2)ccc1OCc1ccc(Cl)cc1. The average Bonchev–Trinajstić information content (AvgIpc) is 3.47. The molecule has 7 heteroatoms. The Balaban J connectivity index is 1.30. The Morgan fingerprint density at radius 2 is 1.69 bits per heavy atom. The second kappa shape index (κ2) is 8.43. The molecule has 2 bridgehead atoms. The van der Waals surface area contributed by atoms with Gasteiger partial charge in [0.2, 0.25) is 0 Å². The smallest absolute Gasteiger partial charge is 0.254 e. The van der Waals surface area contributed by atoms with E-state index in [2.05, 4.69) is 17.3 Å². The van der Waals surface area contributed by atoms with Crippen LogP contribution in [-0.2, 0) is 16.2 Å². The minimum Gasteiger partial charge on any atom is -0.490 e. The molecule has 1 saturated carbocycles. The third-order valence-electron chi connectivity index (χ3n) is 6.34. The van der Waals surface area contributed by atoms with Crippen LogP contribution < -0.4 is 9.47 Å². The third-order valence-corrected chi connectivity index (χ3v) is 6.60. The van der Waals surface area contributed by atoms with Crippen molar-refractivity contribution in [3.05, 3.63) is 70.8 Å². The molecule has 2 aromatic rings. The van der Waals surface area contributed by atoms with Gasteiger partial charge in [-0.2, -0.15) is 10.1 Å². The van der Waals surface area contributed by atoms with Crippen molar-refractivity contribution in [1.82, 2.24) is 5.01 Å². The summed E-state index contributed by atoms with van der Waals surface area (Å²) < 4.78 is 11.7. The quantitative estimate of drug-likeness (QED) is 0.355. The number of carbonyl (C=O) groups is 2. The molecule has 1 aliphatic heterocycles. The minimum absolute atomic E-state index is 0.170. The van der Waals surface area contributed by atoms with Gasteiger partial charge in [0.05, 0.1) is 24.7 Å². The molecule has 1 heterocycles. The van der Waals surface area contributed by atoms with E-state index in [1.165, 1.54) is 6.21 Å². The maximum atomic E-state index is 12.8. The summed E-state index contributed by atoms with van der Waals surface area (Å²) in [6.07, 6.45) is 6.57. The van der Waals surface area contributed by atoms with Gasteiger partial charge >= 0.3 is 0 Å². The maximum Gasteiger partial charge on any atom is 0.254 e. The summed E-state index contributed by atoms with van der Waals surface area (Å²) in [6, 6.07) is 12.9. The Labute approximate surface area is 191 Å². The fraction of sp³-hybridized carbons (Fsp3) is 0.320. The van der Waals surface area contributed by atoms with E-state index in [4.69, 9.17) is 21.1 Å². The Morgan fingerprint density at radius 1 is 1.00 bits per heavy atom. The van der Waals surface area contributed by atoms with Crippen LogP contribution in [-0.4, -0.2) is 29.6 Å². The van der Waals surface area contributed by atoms with E-state index in [1.807, 2.05) is 37.3 Å². The number of rotatable bonds is 7. The van der Waals surface area contributed by atoms with Gasteiger partial charge in [-0.3, -0.25) is 9.59 Å². The van der Waals surface area contributed by atoms with Gasteiger partial charge in [0.25, 0.3) is 11.8 Å². The number of amides is 2. The van der Waals surface area contributed by atoms with Gasteiger partial charge in [-0.15, -0.1) is 0 Å². The first-order chi connectivity index (χ1) is 15.5. The average molecular weight is 451 g/mol. The lowest BCUT2D eigenvalue weighted by atomic mass is 9.85. The Kier molecular flexibility index (Phi) is 5.47. The minimum atomic E-state index is -0.253. The van der Waals surface area contributed by atoms with Crippen LogP contribution in [0.2, 0.25) is 5.02 Å². The van der Waals surface area contributed by atoms with E-state index in [1.54, 1.807) is 12.1 Å². The van der Waals surface area contributed by atoms with E-state index in [0.29, 0.717) is 35.3 Å². The zero-order valence-corrected chi connectivity index (χ0v) is 18.4. The largest absolute Gasteiger partial charge is 0.490 e. The molecule has 2 aromatic carbocycles.